The fourth-order valence-corrected chi connectivity index (χ4v) is 8.07. The van der Waals surface area contributed by atoms with Gasteiger partial charge in [-0.25, -0.2) is 0 Å². The number of hydrogen-bond donors (Lipinski definition) is 0. The van der Waals surface area contributed by atoms with Gasteiger partial charge < -0.3 is 18.3 Å². The molecule has 0 aliphatic rings. The second-order valence-electron chi connectivity index (χ2n) is 13.3. The molecule has 58 heavy (non-hydrogen) atoms. The van der Waals surface area contributed by atoms with E-state index in [1.54, 1.807) is 0 Å². The van der Waals surface area contributed by atoms with Gasteiger partial charge in [0.2, 0.25) is 0 Å². The minimum absolute atomic E-state index is 0.00335. The lowest BCUT2D eigenvalue weighted by atomic mass is 10.1. The van der Waals surface area contributed by atoms with Crippen molar-refractivity contribution in [3.8, 4) is 22.7 Å². The molecule has 4 heterocycles. The molecule has 0 saturated heterocycles. The molecule has 13 rings (SSSR count). The number of benzene rings is 9. The van der Waals surface area contributed by atoms with Crippen LogP contribution in [0.5, 0.6) is 0 Å². The number of fused-ring (bicyclic) bond motifs is 12. The first-order chi connectivity index (χ1) is 40.4. The maximum Gasteiger partial charge on any atom is 0.0652 e. The Bertz CT molecular complexity index is 5060. The molecule has 270 valence electrons. The fraction of sp³-hybridized carbons (Fsp3) is 0. The largest absolute Gasteiger partial charge is 0.309 e. The van der Waals surface area contributed by atoms with E-state index < -0.39 is 202 Å². The Kier molecular flexibility index (Phi) is 3.05. The zero-order valence-corrected chi connectivity index (χ0v) is 29.3. The molecule has 9 aromatic carbocycles. The minimum atomic E-state index is -0.846. The summed E-state index contributed by atoms with van der Waals surface area (Å²) in [6.07, 6.45) is 0. The lowest BCUT2D eigenvalue weighted by Crippen LogP contribution is -1.97. The summed E-state index contributed by atoms with van der Waals surface area (Å²) in [6.45, 7) is 0. The van der Waals surface area contributed by atoms with Gasteiger partial charge >= 0.3 is 0 Å². The van der Waals surface area contributed by atoms with Gasteiger partial charge in [-0.3, -0.25) is 0 Å². The van der Waals surface area contributed by atoms with Crippen molar-refractivity contribution in [3.05, 3.63) is 206 Å². The van der Waals surface area contributed by atoms with Gasteiger partial charge in [-0.2, -0.15) is 0 Å². The van der Waals surface area contributed by atoms with Crippen LogP contribution in [0.3, 0.4) is 0 Å². The Balaban J connectivity index is 1.24. The highest BCUT2D eigenvalue weighted by Crippen LogP contribution is 2.41. The maximum atomic E-state index is 10.2. The van der Waals surface area contributed by atoms with Crippen molar-refractivity contribution in [1.82, 2.24) is 18.3 Å². The van der Waals surface area contributed by atoms with Gasteiger partial charge in [-0.1, -0.05) is 109 Å². The van der Waals surface area contributed by atoms with Gasteiger partial charge in [0, 0.05) is 65.8 Å². The second-order valence-corrected chi connectivity index (χ2v) is 13.3. The third kappa shape index (κ3) is 4.29. The average Bonchev–Trinajstić information content (AvgIpc) is 1.56. The van der Waals surface area contributed by atoms with Crippen molar-refractivity contribution in [2.45, 2.75) is 0 Å². The van der Waals surface area contributed by atoms with Crippen LogP contribution in [0.2, 0.25) is 0 Å². The van der Waals surface area contributed by atoms with Crippen LogP contribution in [0.15, 0.2) is 206 Å². The van der Waals surface area contributed by atoms with Crippen LogP contribution in [0.25, 0.3) is 110 Å². The lowest BCUT2D eigenvalue weighted by Gasteiger charge is -2.12. The number of nitrogens with zero attached hydrogens (tertiary/aromatic N) is 4. The van der Waals surface area contributed by atoms with Crippen molar-refractivity contribution in [2.24, 2.45) is 0 Å². The van der Waals surface area contributed by atoms with Gasteiger partial charge in [-0.05, 0) is 96.8 Å². The van der Waals surface area contributed by atoms with Gasteiger partial charge in [-0.15, -0.1) is 0 Å². The Morgan fingerprint density at radius 2 is 0.586 bits per heavy atom. The zero-order chi connectivity index (χ0) is 62.3. The van der Waals surface area contributed by atoms with Gasteiger partial charge in [0.1, 0.15) is 0 Å². The molecule has 0 spiro atoms. The monoisotopic (exact) mass is 766 g/mol. The molecule has 0 aliphatic heterocycles. The third-order valence-electron chi connectivity index (χ3n) is 10.4. The molecule has 0 N–H and O–H groups in total. The molecule has 0 atom stereocenters. The smallest absolute Gasteiger partial charge is 0.0652 e. The molecule has 0 unspecified atom stereocenters. The van der Waals surface area contributed by atoms with Crippen LogP contribution < -0.4 is 0 Å². The van der Waals surface area contributed by atoms with Crippen LogP contribution in [0.1, 0.15) is 38.4 Å². The van der Waals surface area contributed by atoms with Crippen molar-refractivity contribution in [3.63, 3.8) is 0 Å². The summed E-state index contributed by atoms with van der Waals surface area (Å²) in [4.78, 5) is 0. The Labute approximate surface area is 372 Å². The highest BCUT2D eigenvalue weighted by molar-refractivity contribution is 6.15. The summed E-state index contributed by atoms with van der Waals surface area (Å²) in [5.41, 5.74) is -3.01. The van der Waals surface area contributed by atoms with Crippen LogP contribution in [-0.4, -0.2) is 18.3 Å². The number of para-hydroxylation sites is 6. The van der Waals surface area contributed by atoms with E-state index in [9.17, 15) is 12.3 Å². The summed E-state index contributed by atoms with van der Waals surface area (Å²) in [6, 6.07) is -11.6. The van der Waals surface area contributed by atoms with Crippen molar-refractivity contribution < 1.29 is 38.4 Å². The summed E-state index contributed by atoms with van der Waals surface area (Å²) < 4.78 is 256. The molecule has 0 bridgehead atoms. The van der Waals surface area contributed by atoms with E-state index in [-0.39, 0.29) is 76.8 Å². The molecular weight excluding hydrogens is 705 g/mol. The molecule has 4 aromatic heterocycles. The van der Waals surface area contributed by atoms with Crippen LogP contribution in [0, 0.1) is 0 Å². The van der Waals surface area contributed by atoms with E-state index in [2.05, 4.69) is 0 Å². The van der Waals surface area contributed by atoms with E-state index >= 15 is 0 Å². The molecule has 0 amide bonds. The molecule has 0 saturated carbocycles. The van der Waals surface area contributed by atoms with Gasteiger partial charge in [0.15, 0.2) is 0 Å². The molecule has 4 nitrogen and oxygen atoms in total. The summed E-state index contributed by atoms with van der Waals surface area (Å²) >= 11 is 0. The number of hydrogen-bond acceptors (Lipinski definition) is 0. The van der Waals surface area contributed by atoms with Crippen molar-refractivity contribution in [2.75, 3.05) is 0 Å². The summed E-state index contributed by atoms with van der Waals surface area (Å²) in [7, 11) is 0. The average molecular weight is 767 g/mol. The molecule has 4 heteroatoms. The quantitative estimate of drug-likeness (QED) is 0.170. The third-order valence-corrected chi connectivity index (χ3v) is 10.4. The van der Waals surface area contributed by atoms with Crippen molar-refractivity contribution in [1.29, 1.82) is 0 Å². The first-order valence-corrected chi connectivity index (χ1v) is 17.7. The van der Waals surface area contributed by atoms with E-state index in [1.165, 1.54) is 50.1 Å². The molecular formula is C54H34N4. The first kappa shape index (κ1) is 14.9. The maximum absolute atomic E-state index is 10.2. The summed E-state index contributed by atoms with van der Waals surface area (Å²) in [5.74, 6) is 0. The Morgan fingerprint density at radius 3 is 1.03 bits per heavy atom. The molecule has 0 aliphatic carbocycles. The topological polar surface area (TPSA) is 19.7 Å². The van der Waals surface area contributed by atoms with E-state index in [1.807, 2.05) is 0 Å². The first-order valence-electron chi connectivity index (χ1n) is 31.7. The standard InChI is InChI=1S/C54H34N4/c1-2-14-35(15-3-1)55-51-25-13-8-20-43(51)44-32-36(26-29-52(44)55)58-53-30-27-37(56-47-21-9-4-16-39(47)40-17-5-10-22-48(40)56)33-45(53)46-34-38(28-31-54(46)58)57-49-23-11-6-18-41(49)42-19-7-12-24-50(42)57/h1-34H/i1D,2D,3D,4D,5D,6D,7D,8D,9D,10D,11D,12D,13D,14D,15D,16D,17D,18D,19D,20D,21D,22D,23D,24D,25D,26D,29D,32D. The SMILES string of the molecule is [2H]c1c([2H])c([2H])c(-n2c3c([2H])c([2H])c([2H])c([2H])c3c3c([2H])c(-n4c5ccc(-n6c7c([2H])c([2H])c([2H])c([2H])c7c7c([2H])c([2H])c([2H])c([2H])c76)cc5c5cc(-n6c7c([2H])c([2H])c([2H])c([2H])c7c7c([2H])c([2H])c([2H])c([2H])c76)ccc54)c([2H])c([2H])c32)c([2H])c1[2H]. The zero-order valence-electron chi connectivity index (χ0n) is 57.3. The predicted octanol–water partition coefficient (Wildman–Crippen LogP) is 14.1. The van der Waals surface area contributed by atoms with Crippen LogP contribution >= 0.6 is 0 Å². The molecule has 0 fully saturated rings. The lowest BCUT2D eigenvalue weighted by molar-refractivity contribution is 1.16. The van der Waals surface area contributed by atoms with Gasteiger partial charge in [0.25, 0.3) is 0 Å². The highest BCUT2D eigenvalue weighted by Gasteiger charge is 2.20. The normalized spacial score (nSPS) is 18.9. The summed E-state index contributed by atoms with van der Waals surface area (Å²) in [5, 5.41) is -1.64. The number of aromatic nitrogens is 4. The van der Waals surface area contributed by atoms with E-state index in [0.717, 1.165) is 4.57 Å². The Morgan fingerprint density at radius 1 is 0.241 bits per heavy atom. The van der Waals surface area contributed by atoms with Crippen molar-refractivity contribution >= 4 is 87.2 Å². The Hall–Kier alpha value is -7.82. The molecule has 0 radical (unpaired) electrons. The minimum Gasteiger partial charge on any atom is -0.309 e. The highest BCUT2D eigenvalue weighted by atomic mass is 15.0. The predicted molar refractivity (Wildman–Crippen MR) is 244 cm³/mol. The number of rotatable bonds is 4. The van der Waals surface area contributed by atoms with E-state index in [0.29, 0.717) is 0 Å². The van der Waals surface area contributed by atoms with Crippen LogP contribution in [-0.2, 0) is 0 Å². The fourth-order valence-electron chi connectivity index (χ4n) is 8.07. The van der Waals surface area contributed by atoms with E-state index in [4.69, 9.17) is 26.0 Å². The van der Waals surface area contributed by atoms with Gasteiger partial charge in [0.05, 0.1) is 82.5 Å². The second kappa shape index (κ2) is 11.8. The molecule has 13 aromatic rings. The van der Waals surface area contributed by atoms with Crippen LogP contribution in [0.4, 0.5) is 0 Å².